The molecule has 0 aliphatic carbocycles. The van der Waals surface area contributed by atoms with E-state index in [2.05, 4.69) is 21.2 Å². The molecule has 66 valence electrons. The Kier molecular flexibility index (Phi) is 4.03. The molecule has 0 aromatic heterocycles. The van der Waals surface area contributed by atoms with Gasteiger partial charge in [-0.05, 0) is 20.8 Å². The van der Waals surface area contributed by atoms with Crippen LogP contribution in [0.15, 0.2) is 0 Å². The van der Waals surface area contributed by atoms with E-state index in [0.29, 0.717) is 0 Å². The number of alkyl halides is 1. The Morgan fingerprint density at radius 2 is 2.18 bits per heavy atom. The first-order valence-electron chi connectivity index (χ1n) is 3.46. The number of carbonyl (C=O) groups is 1. The number of aliphatic hydroxyl groups excluding tert-OH is 1. The van der Waals surface area contributed by atoms with Crippen molar-refractivity contribution < 1.29 is 9.90 Å². The summed E-state index contributed by atoms with van der Waals surface area (Å²) in [4.78, 5) is 10.8. The Morgan fingerprint density at radius 1 is 1.73 bits per heavy atom. The fraction of sp³-hybridized carbons (Fsp3) is 0.857. The number of halogens is 1. The van der Waals surface area contributed by atoms with Crippen LogP contribution in [0.1, 0.15) is 20.8 Å². The van der Waals surface area contributed by atoms with Crippen LogP contribution in [0, 0.1) is 0 Å². The van der Waals surface area contributed by atoms with Gasteiger partial charge in [0.15, 0.2) is 0 Å². The van der Waals surface area contributed by atoms with Crippen LogP contribution in [0.5, 0.6) is 0 Å². The van der Waals surface area contributed by atoms with Crippen LogP contribution < -0.4 is 5.32 Å². The van der Waals surface area contributed by atoms with Crippen LogP contribution in [0.3, 0.4) is 0 Å². The van der Waals surface area contributed by atoms with Crippen molar-refractivity contribution in [3.05, 3.63) is 0 Å². The maximum Gasteiger partial charge on any atom is 0.233 e. The van der Waals surface area contributed by atoms with Crippen LogP contribution >= 0.6 is 15.9 Å². The van der Waals surface area contributed by atoms with E-state index in [-0.39, 0.29) is 17.3 Å². The minimum Gasteiger partial charge on any atom is -0.394 e. The predicted molar refractivity (Wildman–Crippen MR) is 47.7 cm³/mol. The first-order chi connectivity index (χ1) is 4.89. The molecule has 3 nitrogen and oxygen atoms in total. The summed E-state index contributed by atoms with van der Waals surface area (Å²) in [5.41, 5.74) is -0.529. The summed E-state index contributed by atoms with van der Waals surface area (Å²) >= 11 is 3.13. The van der Waals surface area contributed by atoms with E-state index in [1.807, 2.05) is 0 Å². The lowest BCUT2D eigenvalue weighted by Gasteiger charge is -2.24. The molecule has 0 fully saturated rings. The topological polar surface area (TPSA) is 49.3 Å². The second kappa shape index (κ2) is 4.07. The molecule has 0 aliphatic rings. The summed E-state index contributed by atoms with van der Waals surface area (Å²) in [6.45, 7) is 5.21. The van der Waals surface area contributed by atoms with E-state index in [1.54, 1.807) is 20.8 Å². The lowest BCUT2D eigenvalue weighted by atomic mass is 10.1. The largest absolute Gasteiger partial charge is 0.394 e. The van der Waals surface area contributed by atoms with Crippen LogP contribution in [0.4, 0.5) is 0 Å². The van der Waals surface area contributed by atoms with Gasteiger partial charge in [0.05, 0.1) is 17.0 Å². The Balaban J connectivity index is 3.94. The predicted octanol–water partition coefficient (Wildman–Crippen LogP) is 0.657. The second-order valence-corrected chi connectivity index (χ2v) is 4.52. The molecule has 0 rings (SSSR count). The van der Waals surface area contributed by atoms with Crippen LogP contribution in [-0.4, -0.2) is 28.0 Å². The molecule has 0 spiro atoms. The van der Waals surface area contributed by atoms with E-state index in [1.165, 1.54) is 0 Å². The van der Waals surface area contributed by atoms with Gasteiger partial charge < -0.3 is 10.4 Å². The standard InChI is InChI=1S/C7H14BrNO2/c1-5(8)6(11)9-7(2,3)4-10/h5,10H,4H2,1-3H3,(H,9,11). The average molecular weight is 224 g/mol. The number of hydrogen-bond donors (Lipinski definition) is 2. The highest BCUT2D eigenvalue weighted by Crippen LogP contribution is 2.03. The number of carbonyl (C=O) groups excluding carboxylic acids is 1. The van der Waals surface area contributed by atoms with Crippen molar-refractivity contribution >= 4 is 21.8 Å². The van der Waals surface area contributed by atoms with Gasteiger partial charge in [-0.1, -0.05) is 15.9 Å². The molecule has 0 heterocycles. The summed E-state index contributed by atoms with van der Waals surface area (Å²) in [6, 6.07) is 0. The lowest BCUT2D eigenvalue weighted by molar-refractivity contribution is -0.122. The van der Waals surface area contributed by atoms with Gasteiger partial charge in [0.1, 0.15) is 0 Å². The third kappa shape index (κ3) is 4.37. The third-order valence-electron chi connectivity index (χ3n) is 1.22. The highest BCUT2D eigenvalue weighted by atomic mass is 79.9. The number of aliphatic hydroxyl groups is 1. The monoisotopic (exact) mass is 223 g/mol. The molecule has 0 aromatic rings. The number of rotatable bonds is 3. The van der Waals surface area contributed by atoms with E-state index < -0.39 is 5.54 Å². The molecule has 4 heteroatoms. The van der Waals surface area contributed by atoms with Gasteiger partial charge in [-0.25, -0.2) is 0 Å². The lowest BCUT2D eigenvalue weighted by Crippen LogP contribution is -2.48. The van der Waals surface area contributed by atoms with Crippen molar-refractivity contribution in [2.75, 3.05) is 6.61 Å². The van der Waals surface area contributed by atoms with Crippen molar-refractivity contribution in [2.24, 2.45) is 0 Å². The third-order valence-corrected chi connectivity index (χ3v) is 1.63. The maximum absolute atomic E-state index is 11.0. The Morgan fingerprint density at radius 3 is 2.45 bits per heavy atom. The molecule has 0 radical (unpaired) electrons. The number of nitrogens with one attached hydrogen (secondary N) is 1. The smallest absolute Gasteiger partial charge is 0.233 e. The molecule has 1 atom stereocenters. The summed E-state index contributed by atoms with van der Waals surface area (Å²) < 4.78 is 0. The van der Waals surface area contributed by atoms with E-state index >= 15 is 0 Å². The van der Waals surface area contributed by atoms with E-state index in [9.17, 15) is 4.79 Å². The summed E-state index contributed by atoms with van der Waals surface area (Å²) in [5.74, 6) is -0.107. The van der Waals surface area contributed by atoms with Gasteiger partial charge in [0.2, 0.25) is 5.91 Å². The minimum atomic E-state index is -0.529. The normalized spacial score (nSPS) is 14.3. The van der Waals surface area contributed by atoms with Crippen molar-refractivity contribution in [3.8, 4) is 0 Å². The van der Waals surface area contributed by atoms with Crippen LogP contribution in [-0.2, 0) is 4.79 Å². The van der Waals surface area contributed by atoms with Gasteiger partial charge >= 0.3 is 0 Å². The first kappa shape index (κ1) is 10.9. The molecule has 11 heavy (non-hydrogen) atoms. The van der Waals surface area contributed by atoms with Gasteiger partial charge in [-0.15, -0.1) is 0 Å². The van der Waals surface area contributed by atoms with Crippen molar-refractivity contribution in [1.29, 1.82) is 0 Å². The molecule has 0 aliphatic heterocycles. The highest BCUT2D eigenvalue weighted by molar-refractivity contribution is 9.10. The average Bonchev–Trinajstić information content (AvgIpc) is 1.87. The van der Waals surface area contributed by atoms with Gasteiger partial charge in [-0.2, -0.15) is 0 Å². The van der Waals surface area contributed by atoms with Gasteiger partial charge in [0, 0.05) is 0 Å². The fourth-order valence-electron chi connectivity index (χ4n) is 0.472. The van der Waals surface area contributed by atoms with E-state index in [4.69, 9.17) is 5.11 Å². The fourth-order valence-corrected chi connectivity index (χ4v) is 0.587. The molecule has 0 aromatic carbocycles. The van der Waals surface area contributed by atoms with Crippen molar-refractivity contribution in [1.82, 2.24) is 5.32 Å². The zero-order valence-corrected chi connectivity index (χ0v) is 8.60. The van der Waals surface area contributed by atoms with Crippen LogP contribution in [0.25, 0.3) is 0 Å². The van der Waals surface area contributed by atoms with Crippen molar-refractivity contribution in [3.63, 3.8) is 0 Å². The summed E-state index contributed by atoms with van der Waals surface area (Å²) in [6.07, 6.45) is 0. The summed E-state index contributed by atoms with van der Waals surface area (Å²) in [5, 5.41) is 11.5. The van der Waals surface area contributed by atoms with Gasteiger partial charge in [0.25, 0.3) is 0 Å². The molecule has 2 N–H and O–H groups in total. The molecular formula is C7H14BrNO2. The molecule has 1 unspecified atom stereocenters. The zero-order chi connectivity index (χ0) is 9.07. The molecule has 0 saturated heterocycles. The molecule has 0 saturated carbocycles. The number of amides is 1. The second-order valence-electron chi connectivity index (χ2n) is 3.15. The van der Waals surface area contributed by atoms with Gasteiger partial charge in [-0.3, -0.25) is 4.79 Å². The minimum absolute atomic E-state index is 0.0571. The Bertz CT molecular complexity index is 145. The molecular weight excluding hydrogens is 210 g/mol. The van der Waals surface area contributed by atoms with Crippen LogP contribution in [0.2, 0.25) is 0 Å². The summed E-state index contributed by atoms with van der Waals surface area (Å²) in [7, 11) is 0. The zero-order valence-electron chi connectivity index (χ0n) is 7.02. The Hall–Kier alpha value is -0.0900. The Labute approximate surface area is 75.3 Å². The highest BCUT2D eigenvalue weighted by Gasteiger charge is 2.20. The van der Waals surface area contributed by atoms with E-state index in [0.717, 1.165) is 0 Å². The molecule has 0 bridgehead atoms. The SMILES string of the molecule is CC(Br)C(=O)NC(C)(C)CO. The number of hydrogen-bond acceptors (Lipinski definition) is 2. The van der Waals surface area contributed by atoms with Crippen molar-refractivity contribution in [2.45, 2.75) is 31.1 Å². The quantitative estimate of drug-likeness (QED) is 0.692. The first-order valence-corrected chi connectivity index (χ1v) is 4.37. The molecule has 1 amide bonds. The maximum atomic E-state index is 11.0.